The average molecular weight is 282 g/mol. The molecule has 0 bridgehead atoms. The summed E-state index contributed by atoms with van der Waals surface area (Å²) >= 11 is 1.26. The van der Waals surface area contributed by atoms with Gasteiger partial charge >= 0.3 is 5.97 Å². The van der Waals surface area contributed by atoms with Crippen LogP contribution in [0.25, 0.3) is 0 Å². The SMILES string of the molecule is CC(C)(C)OC(=O)CSc1ccc(C(N)=O)cc1N. The minimum Gasteiger partial charge on any atom is -0.459 e. The Balaban J connectivity index is 2.64. The summed E-state index contributed by atoms with van der Waals surface area (Å²) < 4.78 is 5.19. The van der Waals surface area contributed by atoms with Gasteiger partial charge in [0, 0.05) is 16.1 Å². The minimum atomic E-state index is -0.532. The van der Waals surface area contributed by atoms with Gasteiger partial charge in [-0.25, -0.2) is 0 Å². The summed E-state index contributed by atoms with van der Waals surface area (Å²) in [5, 5.41) is 0. The van der Waals surface area contributed by atoms with Crippen LogP contribution in [-0.2, 0) is 9.53 Å². The molecule has 0 heterocycles. The van der Waals surface area contributed by atoms with E-state index in [1.165, 1.54) is 17.8 Å². The third-order valence-electron chi connectivity index (χ3n) is 2.06. The fourth-order valence-corrected chi connectivity index (χ4v) is 2.06. The molecule has 1 aromatic rings. The number of hydrogen-bond acceptors (Lipinski definition) is 5. The summed E-state index contributed by atoms with van der Waals surface area (Å²) in [4.78, 5) is 23.3. The first-order chi connectivity index (χ1) is 8.69. The second kappa shape index (κ2) is 5.97. The lowest BCUT2D eigenvalue weighted by Crippen LogP contribution is -2.24. The lowest BCUT2D eigenvalue weighted by molar-refractivity contribution is -0.151. The Labute approximate surface area is 116 Å². The van der Waals surface area contributed by atoms with Gasteiger partial charge in [-0.1, -0.05) is 0 Å². The van der Waals surface area contributed by atoms with Gasteiger partial charge in [-0.05, 0) is 39.0 Å². The lowest BCUT2D eigenvalue weighted by Gasteiger charge is -2.19. The molecule has 0 unspecified atom stereocenters. The molecule has 1 amide bonds. The summed E-state index contributed by atoms with van der Waals surface area (Å²) in [6.45, 7) is 5.43. The molecule has 0 saturated carbocycles. The molecule has 0 aliphatic heterocycles. The van der Waals surface area contributed by atoms with Crippen LogP contribution < -0.4 is 11.5 Å². The first-order valence-electron chi connectivity index (χ1n) is 5.73. The molecule has 1 rings (SSSR count). The van der Waals surface area contributed by atoms with Crippen molar-refractivity contribution in [3.63, 3.8) is 0 Å². The number of rotatable bonds is 4. The van der Waals surface area contributed by atoms with Crippen LogP contribution in [0.4, 0.5) is 5.69 Å². The molecule has 0 radical (unpaired) electrons. The molecular weight excluding hydrogens is 264 g/mol. The maximum Gasteiger partial charge on any atom is 0.316 e. The maximum atomic E-state index is 11.6. The molecule has 0 saturated heterocycles. The van der Waals surface area contributed by atoms with Crippen molar-refractivity contribution >= 4 is 29.3 Å². The highest BCUT2D eigenvalue weighted by Gasteiger charge is 2.16. The van der Waals surface area contributed by atoms with Gasteiger partial charge in [-0.2, -0.15) is 0 Å². The zero-order valence-corrected chi connectivity index (χ0v) is 12.0. The van der Waals surface area contributed by atoms with Crippen molar-refractivity contribution in [2.75, 3.05) is 11.5 Å². The van der Waals surface area contributed by atoms with Gasteiger partial charge < -0.3 is 16.2 Å². The van der Waals surface area contributed by atoms with E-state index in [1.807, 2.05) is 20.8 Å². The fourth-order valence-electron chi connectivity index (χ4n) is 1.34. The number of thioether (sulfide) groups is 1. The fraction of sp³-hybridized carbons (Fsp3) is 0.385. The Hall–Kier alpha value is -1.69. The minimum absolute atomic E-state index is 0.164. The van der Waals surface area contributed by atoms with Gasteiger partial charge in [0.2, 0.25) is 5.91 Å². The number of ether oxygens (including phenoxy) is 1. The van der Waals surface area contributed by atoms with E-state index in [-0.39, 0.29) is 11.7 Å². The number of amides is 1. The van der Waals surface area contributed by atoms with Crippen molar-refractivity contribution in [2.45, 2.75) is 31.3 Å². The standard InChI is InChI=1S/C13H18N2O3S/c1-13(2,3)18-11(16)7-19-10-5-4-8(12(15)17)6-9(10)14/h4-6H,7,14H2,1-3H3,(H2,15,17). The molecule has 0 aliphatic carbocycles. The largest absolute Gasteiger partial charge is 0.459 e. The number of esters is 1. The Morgan fingerprint density at radius 1 is 1.32 bits per heavy atom. The molecular formula is C13H18N2O3S. The van der Waals surface area contributed by atoms with Crippen LogP contribution in [0.3, 0.4) is 0 Å². The summed E-state index contributed by atoms with van der Waals surface area (Å²) in [6.07, 6.45) is 0. The van der Waals surface area contributed by atoms with E-state index < -0.39 is 11.5 Å². The number of nitrogens with two attached hydrogens (primary N) is 2. The average Bonchev–Trinajstić information content (AvgIpc) is 2.24. The van der Waals surface area contributed by atoms with Crippen molar-refractivity contribution in [1.82, 2.24) is 0 Å². The number of carbonyl (C=O) groups excluding carboxylic acids is 2. The molecule has 1 aromatic carbocycles. The number of benzene rings is 1. The Kier molecular flexibility index (Phi) is 4.83. The zero-order valence-electron chi connectivity index (χ0n) is 11.2. The van der Waals surface area contributed by atoms with E-state index in [4.69, 9.17) is 16.2 Å². The molecule has 104 valence electrons. The predicted octanol–water partition coefficient (Wildman–Crippen LogP) is 1.80. The second-order valence-electron chi connectivity index (χ2n) is 4.99. The summed E-state index contributed by atoms with van der Waals surface area (Å²) in [5.41, 5.74) is 11.2. The van der Waals surface area contributed by atoms with Gasteiger partial charge in [0.05, 0.1) is 5.75 Å². The van der Waals surface area contributed by atoms with Crippen LogP contribution in [0.1, 0.15) is 31.1 Å². The molecule has 6 heteroatoms. The maximum absolute atomic E-state index is 11.6. The van der Waals surface area contributed by atoms with E-state index in [9.17, 15) is 9.59 Å². The van der Waals surface area contributed by atoms with Crippen LogP contribution >= 0.6 is 11.8 Å². The van der Waals surface area contributed by atoms with Gasteiger partial charge in [0.1, 0.15) is 5.60 Å². The normalized spacial score (nSPS) is 11.1. The van der Waals surface area contributed by atoms with E-state index in [0.717, 1.165) is 4.90 Å². The zero-order chi connectivity index (χ0) is 14.6. The molecule has 4 N–H and O–H groups in total. The molecule has 0 aromatic heterocycles. The summed E-state index contributed by atoms with van der Waals surface area (Å²) in [7, 11) is 0. The summed E-state index contributed by atoms with van der Waals surface area (Å²) in [6, 6.07) is 4.75. The van der Waals surface area contributed by atoms with Crippen molar-refractivity contribution in [3.8, 4) is 0 Å². The molecule has 0 aliphatic rings. The Bertz CT molecular complexity index is 495. The van der Waals surface area contributed by atoms with E-state index in [1.54, 1.807) is 12.1 Å². The van der Waals surface area contributed by atoms with E-state index >= 15 is 0 Å². The highest BCUT2D eigenvalue weighted by atomic mass is 32.2. The monoisotopic (exact) mass is 282 g/mol. The smallest absolute Gasteiger partial charge is 0.316 e. The Morgan fingerprint density at radius 3 is 2.42 bits per heavy atom. The number of anilines is 1. The molecule has 0 fully saturated rings. The lowest BCUT2D eigenvalue weighted by atomic mass is 10.2. The van der Waals surface area contributed by atoms with Crippen LogP contribution in [-0.4, -0.2) is 23.2 Å². The van der Waals surface area contributed by atoms with Crippen molar-refractivity contribution in [1.29, 1.82) is 0 Å². The topological polar surface area (TPSA) is 95.4 Å². The van der Waals surface area contributed by atoms with Crippen LogP contribution in [0.5, 0.6) is 0 Å². The third-order valence-corrected chi connectivity index (χ3v) is 3.12. The van der Waals surface area contributed by atoms with E-state index in [0.29, 0.717) is 11.3 Å². The molecule has 19 heavy (non-hydrogen) atoms. The number of primary amides is 1. The molecule has 5 nitrogen and oxygen atoms in total. The Morgan fingerprint density at radius 2 is 1.95 bits per heavy atom. The first-order valence-corrected chi connectivity index (χ1v) is 6.71. The highest BCUT2D eigenvalue weighted by molar-refractivity contribution is 8.00. The van der Waals surface area contributed by atoms with Crippen molar-refractivity contribution < 1.29 is 14.3 Å². The highest BCUT2D eigenvalue weighted by Crippen LogP contribution is 2.26. The molecule has 0 spiro atoms. The van der Waals surface area contributed by atoms with Crippen LogP contribution in [0.2, 0.25) is 0 Å². The number of hydrogen-bond donors (Lipinski definition) is 2. The van der Waals surface area contributed by atoms with Gasteiger partial charge in [0.15, 0.2) is 0 Å². The number of nitrogen functional groups attached to an aromatic ring is 1. The van der Waals surface area contributed by atoms with E-state index in [2.05, 4.69) is 0 Å². The van der Waals surface area contributed by atoms with Crippen LogP contribution in [0.15, 0.2) is 23.1 Å². The van der Waals surface area contributed by atoms with Gasteiger partial charge in [-0.15, -0.1) is 11.8 Å². The second-order valence-corrected chi connectivity index (χ2v) is 6.01. The van der Waals surface area contributed by atoms with Crippen molar-refractivity contribution in [2.24, 2.45) is 5.73 Å². The molecule has 0 atom stereocenters. The van der Waals surface area contributed by atoms with Crippen LogP contribution in [0, 0.1) is 0 Å². The third kappa shape index (κ3) is 5.21. The first kappa shape index (κ1) is 15.4. The predicted molar refractivity (Wildman–Crippen MR) is 75.9 cm³/mol. The van der Waals surface area contributed by atoms with Gasteiger partial charge in [-0.3, -0.25) is 9.59 Å². The summed E-state index contributed by atoms with van der Waals surface area (Å²) in [5.74, 6) is -0.677. The van der Waals surface area contributed by atoms with Crippen molar-refractivity contribution in [3.05, 3.63) is 23.8 Å². The number of carbonyl (C=O) groups is 2. The quantitative estimate of drug-likeness (QED) is 0.499. The van der Waals surface area contributed by atoms with Gasteiger partial charge in [0.25, 0.3) is 0 Å².